The molecule has 104 valence electrons. The lowest BCUT2D eigenvalue weighted by atomic mass is 9.90. The van der Waals surface area contributed by atoms with E-state index in [1.807, 2.05) is 24.3 Å². The Labute approximate surface area is 111 Å². The van der Waals surface area contributed by atoms with Crippen LogP contribution < -0.4 is 0 Å². The maximum Gasteiger partial charge on any atom is 0.303 e. The molecule has 0 saturated heterocycles. The fourth-order valence-electron chi connectivity index (χ4n) is 2.45. The molecule has 1 aliphatic rings. The zero-order valence-corrected chi connectivity index (χ0v) is 10.7. The van der Waals surface area contributed by atoms with Gasteiger partial charge in [0.1, 0.15) is 0 Å². The van der Waals surface area contributed by atoms with E-state index in [2.05, 4.69) is 0 Å². The van der Waals surface area contributed by atoms with Crippen LogP contribution in [0.3, 0.4) is 0 Å². The third kappa shape index (κ3) is 4.30. The molecular formula is C15H18F2O2. The molecule has 0 bridgehead atoms. The van der Waals surface area contributed by atoms with Crippen LogP contribution in [0.15, 0.2) is 24.3 Å². The minimum atomic E-state index is -2.27. The first-order valence-corrected chi connectivity index (χ1v) is 6.65. The summed E-state index contributed by atoms with van der Waals surface area (Å²) in [5.74, 6) is -0.233. The van der Waals surface area contributed by atoms with Crippen molar-refractivity contribution in [1.82, 2.24) is 0 Å². The summed E-state index contributed by atoms with van der Waals surface area (Å²) in [7, 11) is 0. The van der Waals surface area contributed by atoms with Crippen molar-refractivity contribution < 1.29 is 18.7 Å². The summed E-state index contributed by atoms with van der Waals surface area (Å²) in [5, 5.41) is 8.94. The number of carboxylic acid groups (broad SMARTS) is 1. The van der Waals surface area contributed by atoms with Gasteiger partial charge in [-0.05, 0) is 42.2 Å². The van der Waals surface area contributed by atoms with Crippen molar-refractivity contribution in [2.75, 3.05) is 0 Å². The Morgan fingerprint density at radius 1 is 1.26 bits per heavy atom. The van der Waals surface area contributed by atoms with Gasteiger partial charge in [0, 0.05) is 6.42 Å². The molecule has 1 aliphatic carbocycles. The average Bonchev–Trinajstić information content (AvgIpc) is 3.18. The summed E-state index contributed by atoms with van der Waals surface area (Å²) < 4.78 is 24.2. The SMILES string of the molecule is O=C(O)CC(c1ccc(CCC(F)F)cc1)C1CC1. The summed E-state index contributed by atoms with van der Waals surface area (Å²) in [5.41, 5.74) is 1.90. The molecule has 1 fully saturated rings. The van der Waals surface area contributed by atoms with E-state index >= 15 is 0 Å². The Bertz CT molecular complexity index is 424. The fourth-order valence-corrected chi connectivity index (χ4v) is 2.45. The number of hydrogen-bond acceptors (Lipinski definition) is 1. The minimum absolute atomic E-state index is 0.0710. The van der Waals surface area contributed by atoms with Gasteiger partial charge in [-0.2, -0.15) is 0 Å². The van der Waals surface area contributed by atoms with Gasteiger partial charge >= 0.3 is 5.97 Å². The second-order valence-electron chi connectivity index (χ2n) is 5.21. The number of carboxylic acids is 1. The lowest BCUT2D eigenvalue weighted by Gasteiger charge is -2.15. The molecule has 0 aromatic heterocycles. The number of aliphatic carboxylic acids is 1. The summed E-state index contributed by atoms with van der Waals surface area (Å²) in [6.07, 6.45) is 0.300. The zero-order chi connectivity index (χ0) is 13.8. The van der Waals surface area contributed by atoms with Crippen molar-refractivity contribution >= 4 is 5.97 Å². The predicted octanol–water partition coefficient (Wildman–Crippen LogP) is 3.85. The van der Waals surface area contributed by atoms with Gasteiger partial charge in [-0.1, -0.05) is 24.3 Å². The Hall–Kier alpha value is -1.45. The van der Waals surface area contributed by atoms with E-state index in [9.17, 15) is 13.6 Å². The molecule has 2 nitrogen and oxygen atoms in total. The number of rotatable bonds is 7. The van der Waals surface area contributed by atoms with Gasteiger partial charge in [0.2, 0.25) is 6.43 Å². The maximum absolute atomic E-state index is 12.1. The number of alkyl halides is 2. The average molecular weight is 268 g/mol. The molecule has 1 aromatic rings. The molecule has 1 unspecified atom stereocenters. The van der Waals surface area contributed by atoms with Gasteiger partial charge in [-0.15, -0.1) is 0 Å². The van der Waals surface area contributed by atoms with Crippen molar-refractivity contribution in [1.29, 1.82) is 0 Å². The van der Waals surface area contributed by atoms with Crippen LogP contribution in [-0.2, 0) is 11.2 Å². The lowest BCUT2D eigenvalue weighted by molar-refractivity contribution is -0.137. The molecule has 1 saturated carbocycles. The number of benzene rings is 1. The van der Waals surface area contributed by atoms with Gasteiger partial charge < -0.3 is 5.11 Å². The Morgan fingerprint density at radius 3 is 2.37 bits per heavy atom. The molecule has 0 amide bonds. The first-order chi connectivity index (χ1) is 9.06. The molecule has 0 heterocycles. The smallest absolute Gasteiger partial charge is 0.303 e. The standard InChI is InChI=1S/C15H18F2O2/c16-14(17)8-3-10-1-4-11(5-2-10)13(9-15(18)19)12-6-7-12/h1-2,4-5,12-14H,3,6-9H2,(H,18,19). The number of carbonyl (C=O) groups is 1. The summed E-state index contributed by atoms with van der Waals surface area (Å²) in [4.78, 5) is 10.9. The van der Waals surface area contributed by atoms with Crippen LogP contribution in [0.1, 0.15) is 42.7 Å². The quantitative estimate of drug-likeness (QED) is 0.815. The lowest BCUT2D eigenvalue weighted by Crippen LogP contribution is -2.08. The van der Waals surface area contributed by atoms with E-state index in [1.165, 1.54) is 0 Å². The van der Waals surface area contributed by atoms with Crippen molar-refractivity contribution in [3.05, 3.63) is 35.4 Å². The first-order valence-electron chi connectivity index (χ1n) is 6.65. The van der Waals surface area contributed by atoms with Gasteiger partial charge in [0.25, 0.3) is 0 Å². The highest BCUT2D eigenvalue weighted by Gasteiger charge is 2.33. The van der Waals surface area contributed by atoms with Crippen LogP contribution in [-0.4, -0.2) is 17.5 Å². The topological polar surface area (TPSA) is 37.3 Å². The van der Waals surface area contributed by atoms with Crippen LogP contribution in [0.5, 0.6) is 0 Å². The summed E-state index contributed by atoms with van der Waals surface area (Å²) in [6, 6.07) is 7.48. The second kappa shape index (κ2) is 6.13. The fraction of sp³-hybridized carbons (Fsp3) is 0.533. The number of aryl methyl sites for hydroxylation is 1. The monoisotopic (exact) mass is 268 g/mol. The normalized spacial score (nSPS) is 16.6. The molecule has 1 aromatic carbocycles. The van der Waals surface area contributed by atoms with E-state index in [0.29, 0.717) is 12.3 Å². The molecule has 1 atom stereocenters. The molecule has 0 aliphatic heterocycles. The van der Waals surface area contributed by atoms with Crippen molar-refractivity contribution in [3.8, 4) is 0 Å². The third-order valence-corrected chi connectivity index (χ3v) is 3.64. The van der Waals surface area contributed by atoms with Gasteiger partial charge in [-0.3, -0.25) is 4.79 Å². The highest BCUT2D eigenvalue weighted by atomic mass is 19.3. The van der Waals surface area contributed by atoms with Crippen LogP contribution in [0, 0.1) is 5.92 Å². The van der Waals surface area contributed by atoms with Crippen molar-refractivity contribution in [2.24, 2.45) is 5.92 Å². The molecule has 1 N–H and O–H groups in total. The Kier molecular flexibility index (Phi) is 4.51. The largest absolute Gasteiger partial charge is 0.481 e. The predicted molar refractivity (Wildman–Crippen MR) is 68.5 cm³/mol. The minimum Gasteiger partial charge on any atom is -0.481 e. The van der Waals surface area contributed by atoms with E-state index < -0.39 is 12.4 Å². The molecule has 4 heteroatoms. The maximum atomic E-state index is 12.1. The Balaban J connectivity index is 2.01. The van der Waals surface area contributed by atoms with E-state index in [1.54, 1.807) is 0 Å². The highest BCUT2D eigenvalue weighted by Crippen LogP contribution is 2.44. The van der Waals surface area contributed by atoms with Crippen LogP contribution in [0.25, 0.3) is 0 Å². The van der Waals surface area contributed by atoms with Crippen molar-refractivity contribution in [2.45, 2.75) is 44.4 Å². The van der Waals surface area contributed by atoms with Gasteiger partial charge in [0.15, 0.2) is 0 Å². The number of halogens is 2. The molecule has 0 radical (unpaired) electrons. The zero-order valence-electron chi connectivity index (χ0n) is 10.7. The van der Waals surface area contributed by atoms with E-state index in [4.69, 9.17) is 5.11 Å². The van der Waals surface area contributed by atoms with E-state index in [0.717, 1.165) is 24.0 Å². The van der Waals surface area contributed by atoms with E-state index in [-0.39, 0.29) is 18.8 Å². The summed E-state index contributed by atoms with van der Waals surface area (Å²) in [6.45, 7) is 0. The van der Waals surface area contributed by atoms with Gasteiger partial charge in [0.05, 0.1) is 6.42 Å². The van der Waals surface area contributed by atoms with Crippen molar-refractivity contribution in [3.63, 3.8) is 0 Å². The second-order valence-corrected chi connectivity index (χ2v) is 5.21. The van der Waals surface area contributed by atoms with Crippen LogP contribution in [0.4, 0.5) is 8.78 Å². The van der Waals surface area contributed by atoms with Crippen LogP contribution in [0.2, 0.25) is 0 Å². The Morgan fingerprint density at radius 2 is 1.89 bits per heavy atom. The molecule has 19 heavy (non-hydrogen) atoms. The van der Waals surface area contributed by atoms with Crippen LogP contribution >= 0.6 is 0 Å². The molecule has 0 spiro atoms. The molecule has 2 rings (SSSR count). The number of hydrogen-bond donors (Lipinski definition) is 1. The third-order valence-electron chi connectivity index (χ3n) is 3.64. The molecular weight excluding hydrogens is 250 g/mol. The van der Waals surface area contributed by atoms with Gasteiger partial charge in [-0.25, -0.2) is 8.78 Å². The first kappa shape index (κ1) is 14.0. The highest BCUT2D eigenvalue weighted by molar-refractivity contribution is 5.68. The summed E-state index contributed by atoms with van der Waals surface area (Å²) >= 11 is 0.